The molecule has 0 saturated carbocycles. The summed E-state index contributed by atoms with van der Waals surface area (Å²) in [6, 6.07) is 0. The van der Waals surface area contributed by atoms with Gasteiger partial charge in [-0.2, -0.15) is 15.4 Å². The Labute approximate surface area is 122 Å². The van der Waals surface area contributed by atoms with Crippen LogP contribution < -0.4 is 0 Å². The number of nitrogens with one attached hydrogen (secondary N) is 1. The standard InChI is InChI=1S/C13H19N3O5/c1-4-10(11-7-14-16-15-11)6-5-8(2)20-13(12(18)19)21-9(3)17/h4-7,9,12-13,17-19H,1H2,2-3H3,(H,14,15,16)/b8-5+,10-6+. The van der Waals surface area contributed by atoms with E-state index in [0.29, 0.717) is 17.0 Å². The van der Waals surface area contributed by atoms with Gasteiger partial charge in [0.15, 0.2) is 6.29 Å². The van der Waals surface area contributed by atoms with Gasteiger partial charge in [0.2, 0.25) is 6.29 Å². The van der Waals surface area contributed by atoms with Crippen LogP contribution >= 0.6 is 0 Å². The number of ether oxygens (including phenoxy) is 2. The largest absolute Gasteiger partial charge is 0.464 e. The molecule has 4 N–H and O–H groups in total. The Morgan fingerprint density at radius 3 is 2.57 bits per heavy atom. The lowest BCUT2D eigenvalue weighted by Crippen LogP contribution is -2.33. The first-order chi connectivity index (χ1) is 9.93. The number of aliphatic hydroxyl groups is 3. The van der Waals surface area contributed by atoms with Crippen LogP contribution in [0.25, 0.3) is 5.57 Å². The van der Waals surface area contributed by atoms with Crippen LogP contribution in [-0.4, -0.2) is 49.6 Å². The molecule has 2 unspecified atom stereocenters. The number of aliphatic hydroxyl groups excluding tert-OH is 2. The summed E-state index contributed by atoms with van der Waals surface area (Å²) in [4.78, 5) is 0. The van der Waals surface area contributed by atoms with E-state index in [0.717, 1.165) is 0 Å². The van der Waals surface area contributed by atoms with Crippen molar-refractivity contribution in [3.05, 3.63) is 42.5 Å². The zero-order valence-electron chi connectivity index (χ0n) is 11.8. The van der Waals surface area contributed by atoms with Gasteiger partial charge in [0.25, 0.3) is 6.29 Å². The Kier molecular flexibility index (Phi) is 6.76. The predicted octanol–water partition coefficient (Wildman–Crippen LogP) is 0.286. The molecule has 0 aromatic carbocycles. The molecule has 0 saturated heterocycles. The van der Waals surface area contributed by atoms with Crippen molar-refractivity contribution in [2.45, 2.75) is 32.7 Å². The van der Waals surface area contributed by atoms with Crippen LogP contribution in [0, 0.1) is 0 Å². The van der Waals surface area contributed by atoms with Gasteiger partial charge >= 0.3 is 0 Å². The lowest BCUT2D eigenvalue weighted by molar-refractivity contribution is -0.283. The van der Waals surface area contributed by atoms with Crippen LogP contribution in [0.4, 0.5) is 0 Å². The van der Waals surface area contributed by atoms with E-state index in [1.54, 1.807) is 25.2 Å². The first kappa shape index (κ1) is 17.1. The molecule has 1 aromatic rings. The van der Waals surface area contributed by atoms with Gasteiger partial charge < -0.3 is 24.8 Å². The van der Waals surface area contributed by atoms with Gasteiger partial charge in [-0.05, 0) is 26.0 Å². The second-order valence-corrected chi connectivity index (χ2v) is 4.09. The van der Waals surface area contributed by atoms with Crippen molar-refractivity contribution in [2.24, 2.45) is 0 Å². The number of nitrogens with zero attached hydrogens (tertiary/aromatic N) is 2. The Morgan fingerprint density at radius 1 is 1.38 bits per heavy atom. The summed E-state index contributed by atoms with van der Waals surface area (Å²) in [7, 11) is 0. The third kappa shape index (κ3) is 5.88. The second-order valence-electron chi connectivity index (χ2n) is 4.09. The predicted molar refractivity (Wildman–Crippen MR) is 74.2 cm³/mol. The highest BCUT2D eigenvalue weighted by atomic mass is 16.7. The molecule has 0 spiro atoms. The quantitative estimate of drug-likeness (QED) is 0.309. The molecule has 0 aliphatic rings. The van der Waals surface area contributed by atoms with Crippen molar-refractivity contribution in [2.75, 3.05) is 0 Å². The topological polar surface area (TPSA) is 121 Å². The van der Waals surface area contributed by atoms with Gasteiger partial charge in [0.05, 0.1) is 12.0 Å². The highest BCUT2D eigenvalue weighted by Gasteiger charge is 2.21. The normalized spacial score (nSPS) is 15.9. The van der Waals surface area contributed by atoms with E-state index in [2.05, 4.69) is 22.0 Å². The van der Waals surface area contributed by atoms with Crippen LogP contribution in [0.3, 0.4) is 0 Å². The molecule has 1 heterocycles. The fraction of sp³-hybridized carbons (Fsp3) is 0.385. The molecule has 0 amide bonds. The maximum atomic E-state index is 9.10. The SMILES string of the molecule is C=C/C(=C\C=C(/C)OC(OC(C)O)C(O)O)c1cn[nH]n1. The molecule has 0 fully saturated rings. The summed E-state index contributed by atoms with van der Waals surface area (Å²) in [5, 5.41) is 37.4. The third-order valence-corrected chi connectivity index (χ3v) is 2.30. The number of aromatic amines is 1. The molecule has 2 atom stereocenters. The van der Waals surface area contributed by atoms with Crippen LogP contribution in [0.15, 0.2) is 36.8 Å². The fourth-order valence-corrected chi connectivity index (χ4v) is 1.38. The molecule has 8 heteroatoms. The first-order valence-corrected chi connectivity index (χ1v) is 6.17. The molecular weight excluding hydrogens is 278 g/mol. The van der Waals surface area contributed by atoms with Crippen LogP contribution in [0.1, 0.15) is 19.5 Å². The molecule has 0 radical (unpaired) electrons. The van der Waals surface area contributed by atoms with Gasteiger partial charge in [0, 0.05) is 5.57 Å². The lowest BCUT2D eigenvalue weighted by atomic mass is 10.2. The Bertz CT molecular complexity index is 494. The molecule has 116 valence electrons. The monoisotopic (exact) mass is 297 g/mol. The average molecular weight is 297 g/mol. The van der Waals surface area contributed by atoms with Gasteiger partial charge in [0.1, 0.15) is 5.69 Å². The summed E-state index contributed by atoms with van der Waals surface area (Å²) < 4.78 is 10.0. The van der Waals surface area contributed by atoms with Crippen LogP contribution in [-0.2, 0) is 9.47 Å². The number of H-pyrrole nitrogens is 1. The van der Waals surface area contributed by atoms with Crippen molar-refractivity contribution in [1.82, 2.24) is 15.4 Å². The van der Waals surface area contributed by atoms with Crippen molar-refractivity contribution >= 4 is 5.57 Å². The van der Waals surface area contributed by atoms with Gasteiger partial charge in [-0.1, -0.05) is 12.7 Å². The number of hydrogen-bond acceptors (Lipinski definition) is 7. The van der Waals surface area contributed by atoms with E-state index in [1.165, 1.54) is 13.1 Å². The third-order valence-electron chi connectivity index (χ3n) is 2.30. The summed E-state index contributed by atoms with van der Waals surface area (Å²) in [6.07, 6.45) is 1.89. The van der Waals surface area contributed by atoms with Gasteiger partial charge in [-0.15, -0.1) is 0 Å². The van der Waals surface area contributed by atoms with E-state index >= 15 is 0 Å². The lowest BCUT2D eigenvalue weighted by Gasteiger charge is -2.22. The second kappa shape index (κ2) is 8.32. The number of allylic oxidation sites excluding steroid dienone is 5. The number of rotatable bonds is 8. The number of hydrogen-bond donors (Lipinski definition) is 4. The van der Waals surface area contributed by atoms with E-state index < -0.39 is 18.9 Å². The van der Waals surface area contributed by atoms with Crippen molar-refractivity contribution in [1.29, 1.82) is 0 Å². The molecule has 1 aromatic heterocycles. The van der Waals surface area contributed by atoms with E-state index in [-0.39, 0.29) is 0 Å². The summed E-state index contributed by atoms with van der Waals surface area (Å²) in [6.45, 7) is 6.60. The maximum absolute atomic E-state index is 9.10. The fourth-order valence-electron chi connectivity index (χ4n) is 1.38. The Hall–Kier alpha value is -2.00. The number of aromatic nitrogens is 3. The summed E-state index contributed by atoms with van der Waals surface area (Å²) in [5.74, 6) is 0.344. The summed E-state index contributed by atoms with van der Waals surface area (Å²) >= 11 is 0. The molecule has 8 nitrogen and oxygen atoms in total. The van der Waals surface area contributed by atoms with Gasteiger partial charge in [-0.25, -0.2) is 0 Å². The van der Waals surface area contributed by atoms with E-state index in [1.807, 2.05) is 0 Å². The Morgan fingerprint density at radius 2 is 2.10 bits per heavy atom. The molecule has 0 aliphatic carbocycles. The zero-order chi connectivity index (χ0) is 15.8. The van der Waals surface area contributed by atoms with Crippen LogP contribution in [0.2, 0.25) is 0 Å². The van der Waals surface area contributed by atoms with Crippen LogP contribution in [0.5, 0.6) is 0 Å². The smallest absolute Gasteiger partial charge is 0.252 e. The molecule has 0 bridgehead atoms. The minimum atomic E-state index is -1.89. The highest BCUT2D eigenvalue weighted by Crippen LogP contribution is 2.13. The Balaban J connectivity index is 2.76. The molecule has 1 rings (SSSR count). The van der Waals surface area contributed by atoms with E-state index in [4.69, 9.17) is 24.8 Å². The van der Waals surface area contributed by atoms with Gasteiger partial charge in [-0.3, -0.25) is 0 Å². The average Bonchev–Trinajstić information content (AvgIpc) is 2.92. The maximum Gasteiger partial charge on any atom is 0.252 e. The zero-order valence-corrected chi connectivity index (χ0v) is 11.8. The first-order valence-electron chi connectivity index (χ1n) is 6.17. The van der Waals surface area contributed by atoms with E-state index in [9.17, 15) is 0 Å². The van der Waals surface area contributed by atoms with Crippen molar-refractivity contribution in [3.63, 3.8) is 0 Å². The summed E-state index contributed by atoms with van der Waals surface area (Å²) in [5.41, 5.74) is 1.30. The molecule has 0 aliphatic heterocycles. The highest BCUT2D eigenvalue weighted by molar-refractivity contribution is 5.71. The minimum absolute atomic E-state index is 0.344. The van der Waals surface area contributed by atoms with Crippen molar-refractivity contribution < 1.29 is 24.8 Å². The van der Waals surface area contributed by atoms with Crippen molar-refractivity contribution in [3.8, 4) is 0 Å². The minimum Gasteiger partial charge on any atom is -0.464 e. The molecule has 21 heavy (non-hydrogen) atoms. The molecular formula is C13H19N3O5.